The van der Waals surface area contributed by atoms with Crippen LogP contribution in [0.3, 0.4) is 0 Å². The molecule has 0 unspecified atom stereocenters. The number of pyridine rings is 1. The Balaban J connectivity index is 1.67. The van der Waals surface area contributed by atoms with E-state index in [1.54, 1.807) is 31.2 Å². The van der Waals surface area contributed by atoms with Crippen molar-refractivity contribution in [2.45, 2.75) is 17.6 Å². The molecule has 0 radical (unpaired) electrons. The Bertz CT molecular complexity index is 1390. The summed E-state index contributed by atoms with van der Waals surface area (Å²) in [6, 6.07) is 13.3. The van der Waals surface area contributed by atoms with E-state index < -0.39 is 15.9 Å². The first-order valence-corrected chi connectivity index (χ1v) is 11.2. The maximum absolute atomic E-state index is 13.2. The average molecular weight is 462 g/mol. The highest BCUT2D eigenvalue weighted by atomic mass is 35.5. The number of rotatable bonds is 4. The van der Waals surface area contributed by atoms with Crippen LogP contribution in [0.25, 0.3) is 22.0 Å². The first-order valence-electron chi connectivity index (χ1n) is 8.80. The van der Waals surface area contributed by atoms with Crippen molar-refractivity contribution in [2.75, 3.05) is 0 Å². The van der Waals surface area contributed by atoms with E-state index in [9.17, 15) is 12.8 Å². The third-order valence-corrected chi connectivity index (χ3v) is 7.21. The minimum Gasteiger partial charge on any atom is -0.256 e. The molecule has 0 aliphatic heterocycles. The standard InChI is InChI=1S/C21H14Cl2FN3O2S/c1-12-16(13-5-8-18-14(9-13)10-25-21(24)27-18)7-6-15(26-12)11-30(28,29)19-4-2-3-17(22)20(19)23/h2-10H,11H2,1H3. The Kier molecular flexibility index (Phi) is 5.44. The summed E-state index contributed by atoms with van der Waals surface area (Å²) < 4.78 is 38.8. The van der Waals surface area contributed by atoms with Crippen LogP contribution in [-0.4, -0.2) is 23.4 Å². The van der Waals surface area contributed by atoms with Crippen LogP contribution in [0.4, 0.5) is 4.39 Å². The minimum absolute atomic E-state index is 0.00216. The smallest absolute Gasteiger partial charge is 0.256 e. The first-order chi connectivity index (χ1) is 14.2. The fraction of sp³-hybridized carbons (Fsp3) is 0.0952. The van der Waals surface area contributed by atoms with E-state index in [0.717, 1.165) is 11.1 Å². The van der Waals surface area contributed by atoms with E-state index in [1.165, 1.54) is 24.4 Å². The molecule has 4 rings (SSSR count). The molecule has 0 atom stereocenters. The van der Waals surface area contributed by atoms with Gasteiger partial charge in [0.05, 0.1) is 31.9 Å². The summed E-state index contributed by atoms with van der Waals surface area (Å²) in [7, 11) is -3.72. The third-order valence-electron chi connectivity index (χ3n) is 4.59. The van der Waals surface area contributed by atoms with Gasteiger partial charge in [0.25, 0.3) is 0 Å². The van der Waals surface area contributed by atoms with E-state index in [1.807, 2.05) is 6.07 Å². The number of hydrogen-bond donors (Lipinski definition) is 0. The summed E-state index contributed by atoms with van der Waals surface area (Å²) in [6.45, 7) is 1.79. The molecule has 0 aliphatic carbocycles. The second kappa shape index (κ2) is 7.91. The molecule has 0 bridgehead atoms. The van der Waals surface area contributed by atoms with E-state index in [-0.39, 0.29) is 20.7 Å². The number of benzene rings is 2. The van der Waals surface area contributed by atoms with Gasteiger partial charge in [-0.1, -0.05) is 41.4 Å². The van der Waals surface area contributed by atoms with Gasteiger partial charge < -0.3 is 0 Å². The van der Waals surface area contributed by atoms with Gasteiger partial charge in [-0.05, 0) is 42.8 Å². The van der Waals surface area contributed by atoms with Crippen LogP contribution in [0.2, 0.25) is 10.0 Å². The van der Waals surface area contributed by atoms with Crippen molar-refractivity contribution in [2.24, 2.45) is 0 Å². The molecular weight excluding hydrogens is 448 g/mol. The van der Waals surface area contributed by atoms with Crippen molar-refractivity contribution in [1.82, 2.24) is 15.0 Å². The zero-order chi connectivity index (χ0) is 21.5. The van der Waals surface area contributed by atoms with E-state index in [4.69, 9.17) is 23.2 Å². The van der Waals surface area contributed by atoms with E-state index >= 15 is 0 Å². The molecule has 0 aliphatic rings. The maximum atomic E-state index is 13.2. The van der Waals surface area contributed by atoms with Gasteiger partial charge in [-0.2, -0.15) is 4.39 Å². The molecule has 2 heterocycles. The van der Waals surface area contributed by atoms with Crippen LogP contribution < -0.4 is 0 Å². The van der Waals surface area contributed by atoms with Crippen molar-refractivity contribution in [3.8, 4) is 11.1 Å². The largest absolute Gasteiger partial charge is 0.309 e. The Morgan fingerprint density at radius 3 is 2.60 bits per heavy atom. The molecule has 0 fully saturated rings. The number of sulfone groups is 1. The second-order valence-corrected chi connectivity index (χ2v) is 9.40. The van der Waals surface area contributed by atoms with Gasteiger partial charge >= 0.3 is 6.08 Å². The maximum Gasteiger partial charge on any atom is 0.309 e. The van der Waals surface area contributed by atoms with Crippen LogP contribution in [0.5, 0.6) is 0 Å². The summed E-state index contributed by atoms with van der Waals surface area (Å²) in [6.07, 6.45) is 0.637. The summed E-state index contributed by atoms with van der Waals surface area (Å²) in [4.78, 5) is 11.8. The highest BCUT2D eigenvalue weighted by molar-refractivity contribution is 7.90. The lowest BCUT2D eigenvalue weighted by atomic mass is 10.0. The molecule has 152 valence electrons. The summed E-state index contributed by atoms with van der Waals surface area (Å²) in [5.41, 5.74) is 3.21. The molecule has 4 aromatic rings. The predicted octanol–water partition coefficient (Wildman–Crippen LogP) is 5.42. The fourth-order valence-electron chi connectivity index (χ4n) is 3.17. The van der Waals surface area contributed by atoms with Crippen molar-refractivity contribution >= 4 is 43.9 Å². The van der Waals surface area contributed by atoms with Gasteiger partial charge in [0.15, 0.2) is 9.84 Å². The highest BCUT2D eigenvalue weighted by Gasteiger charge is 2.21. The fourth-order valence-corrected chi connectivity index (χ4v) is 5.26. The normalized spacial score (nSPS) is 11.7. The summed E-state index contributed by atoms with van der Waals surface area (Å²) in [5.74, 6) is -0.307. The topological polar surface area (TPSA) is 72.8 Å². The van der Waals surface area contributed by atoms with Gasteiger partial charge in [-0.3, -0.25) is 4.98 Å². The third kappa shape index (κ3) is 4.01. The van der Waals surface area contributed by atoms with Crippen LogP contribution in [0.15, 0.2) is 59.6 Å². The monoisotopic (exact) mass is 461 g/mol. The molecule has 0 spiro atoms. The lowest BCUT2D eigenvalue weighted by molar-refractivity contribution is 0.544. The molecule has 0 saturated heterocycles. The lowest BCUT2D eigenvalue weighted by Crippen LogP contribution is -2.08. The van der Waals surface area contributed by atoms with Crippen molar-refractivity contribution < 1.29 is 12.8 Å². The SMILES string of the molecule is Cc1nc(CS(=O)(=O)c2cccc(Cl)c2Cl)ccc1-c1ccc2nc(F)ncc2c1. The molecule has 9 heteroatoms. The predicted molar refractivity (Wildman–Crippen MR) is 115 cm³/mol. The Morgan fingerprint density at radius 1 is 1.03 bits per heavy atom. The average Bonchev–Trinajstić information content (AvgIpc) is 2.69. The van der Waals surface area contributed by atoms with E-state index in [0.29, 0.717) is 22.3 Å². The van der Waals surface area contributed by atoms with Gasteiger partial charge in [-0.25, -0.2) is 18.4 Å². The van der Waals surface area contributed by atoms with Crippen LogP contribution >= 0.6 is 23.2 Å². The van der Waals surface area contributed by atoms with Crippen LogP contribution in [0, 0.1) is 13.0 Å². The number of nitrogens with zero attached hydrogens (tertiary/aromatic N) is 3. The van der Waals surface area contributed by atoms with Gasteiger partial charge in [0, 0.05) is 22.8 Å². The highest BCUT2D eigenvalue weighted by Crippen LogP contribution is 2.31. The number of aromatic nitrogens is 3. The summed E-state index contributed by atoms with van der Waals surface area (Å²) >= 11 is 12.0. The Morgan fingerprint density at radius 2 is 1.83 bits per heavy atom. The molecular formula is C21H14Cl2FN3O2S. The van der Waals surface area contributed by atoms with Crippen molar-refractivity contribution in [3.63, 3.8) is 0 Å². The number of aryl methyl sites for hydroxylation is 1. The zero-order valence-electron chi connectivity index (χ0n) is 15.6. The van der Waals surface area contributed by atoms with Crippen molar-refractivity contribution in [1.29, 1.82) is 0 Å². The lowest BCUT2D eigenvalue weighted by Gasteiger charge is -2.11. The van der Waals surface area contributed by atoms with Gasteiger partial charge in [-0.15, -0.1) is 0 Å². The molecule has 30 heavy (non-hydrogen) atoms. The molecule has 2 aromatic carbocycles. The quantitative estimate of drug-likeness (QED) is 0.379. The zero-order valence-corrected chi connectivity index (χ0v) is 17.9. The van der Waals surface area contributed by atoms with Crippen LogP contribution in [-0.2, 0) is 15.6 Å². The molecule has 5 nitrogen and oxygen atoms in total. The van der Waals surface area contributed by atoms with Crippen LogP contribution in [0.1, 0.15) is 11.4 Å². The molecule has 0 N–H and O–H groups in total. The number of hydrogen-bond acceptors (Lipinski definition) is 5. The summed E-state index contributed by atoms with van der Waals surface area (Å²) in [5, 5.41) is 0.871. The minimum atomic E-state index is -3.72. The molecule has 0 amide bonds. The van der Waals surface area contributed by atoms with Gasteiger partial charge in [0.2, 0.25) is 0 Å². The van der Waals surface area contributed by atoms with Gasteiger partial charge in [0.1, 0.15) is 0 Å². The Hall–Kier alpha value is -2.61. The number of fused-ring (bicyclic) bond motifs is 1. The van der Waals surface area contributed by atoms with Crippen molar-refractivity contribution in [3.05, 3.63) is 82.2 Å². The first kappa shape index (κ1) is 20.7. The Labute approximate surface area is 182 Å². The second-order valence-electron chi connectivity index (χ2n) is 6.66. The van der Waals surface area contributed by atoms with E-state index in [2.05, 4.69) is 15.0 Å². The number of halogens is 3. The molecule has 2 aromatic heterocycles. The molecule has 0 saturated carbocycles.